The van der Waals surface area contributed by atoms with Crippen molar-refractivity contribution in [2.24, 2.45) is 0 Å². The predicted octanol–water partition coefficient (Wildman–Crippen LogP) is 3.29. The van der Waals surface area contributed by atoms with Crippen molar-refractivity contribution < 1.29 is 4.79 Å². The summed E-state index contributed by atoms with van der Waals surface area (Å²) in [5.74, 6) is -0.0784. The molecule has 1 amide bonds. The summed E-state index contributed by atoms with van der Waals surface area (Å²) in [6, 6.07) is 7.59. The van der Waals surface area contributed by atoms with Crippen LogP contribution in [-0.2, 0) is 4.79 Å². The van der Waals surface area contributed by atoms with Crippen molar-refractivity contribution in [3.05, 3.63) is 47.3 Å². The molecule has 0 saturated heterocycles. The summed E-state index contributed by atoms with van der Waals surface area (Å²) in [5, 5.41) is 3.74. The number of rotatable bonds is 6. The van der Waals surface area contributed by atoms with Crippen LogP contribution in [0.3, 0.4) is 0 Å². The van der Waals surface area contributed by atoms with Crippen molar-refractivity contribution in [2.75, 3.05) is 6.54 Å². The van der Waals surface area contributed by atoms with Gasteiger partial charge in [0.2, 0.25) is 5.91 Å². The zero-order valence-corrected chi connectivity index (χ0v) is 15.2. The largest absolute Gasteiger partial charge is 0.352 e. The van der Waals surface area contributed by atoms with Gasteiger partial charge in [0.1, 0.15) is 0 Å². The minimum absolute atomic E-state index is 0.00120. The molecule has 132 valence electrons. The first kappa shape index (κ1) is 17.7. The Morgan fingerprint density at radius 2 is 2.16 bits per heavy atom. The Morgan fingerprint density at radius 3 is 2.88 bits per heavy atom. The molecule has 1 saturated carbocycles. The Kier molecular flexibility index (Phi) is 5.58. The average Bonchev–Trinajstić information content (AvgIpc) is 3.14. The van der Waals surface area contributed by atoms with E-state index in [1.807, 2.05) is 35.8 Å². The van der Waals surface area contributed by atoms with Crippen molar-refractivity contribution in [3.63, 3.8) is 0 Å². The van der Waals surface area contributed by atoms with E-state index in [4.69, 9.17) is 4.98 Å². The quantitative estimate of drug-likeness (QED) is 0.489. The van der Waals surface area contributed by atoms with E-state index in [1.165, 1.54) is 11.8 Å². The van der Waals surface area contributed by atoms with Gasteiger partial charge in [-0.15, -0.1) is 6.58 Å². The van der Waals surface area contributed by atoms with Crippen molar-refractivity contribution >= 4 is 28.6 Å². The summed E-state index contributed by atoms with van der Waals surface area (Å²) in [5.41, 5.74) is 0.682. The summed E-state index contributed by atoms with van der Waals surface area (Å²) in [7, 11) is 0. The van der Waals surface area contributed by atoms with Gasteiger partial charge < -0.3 is 5.32 Å². The molecule has 2 aromatic rings. The predicted molar refractivity (Wildman–Crippen MR) is 102 cm³/mol. The number of para-hydroxylation sites is 1. The number of nitrogens with zero attached hydrogens (tertiary/aromatic N) is 2. The average molecular weight is 357 g/mol. The summed E-state index contributed by atoms with van der Waals surface area (Å²) in [6.45, 7) is 5.88. The van der Waals surface area contributed by atoms with E-state index in [2.05, 4.69) is 11.9 Å². The maximum Gasteiger partial charge on any atom is 0.262 e. The van der Waals surface area contributed by atoms with Crippen LogP contribution < -0.4 is 10.9 Å². The smallest absolute Gasteiger partial charge is 0.262 e. The van der Waals surface area contributed by atoms with E-state index in [0.717, 1.165) is 25.7 Å². The van der Waals surface area contributed by atoms with Crippen LogP contribution in [0, 0.1) is 0 Å². The van der Waals surface area contributed by atoms with Gasteiger partial charge in [-0.25, -0.2) is 4.98 Å². The summed E-state index contributed by atoms with van der Waals surface area (Å²) >= 11 is 1.35. The lowest BCUT2D eigenvalue weighted by Gasteiger charge is -2.20. The van der Waals surface area contributed by atoms with Gasteiger partial charge in [-0.05, 0) is 31.9 Å². The first-order valence-corrected chi connectivity index (χ1v) is 9.56. The lowest BCUT2D eigenvalue weighted by atomic mass is 10.2. The molecule has 1 aromatic heterocycles. The highest BCUT2D eigenvalue weighted by Gasteiger charge is 2.25. The fourth-order valence-electron chi connectivity index (χ4n) is 3.22. The molecule has 0 radical (unpaired) electrons. The topological polar surface area (TPSA) is 64.0 Å². The summed E-state index contributed by atoms with van der Waals surface area (Å²) in [4.78, 5) is 30.0. The van der Waals surface area contributed by atoms with Crippen LogP contribution in [0.5, 0.6) is 0 Å². The molecule has 3 rings (SSSR count). The van der Waals surface area contributed by atoms with Gasteiger partial charge in [0, 0.05) is 12.6 Å². The molecule has 1 aromatic carbocycles. The highest BCUT2D eigenvalue weighted by Crippen LogP contribution is 2.33. The van der Waals surface area contributed by atoms with Crippen LogP contribution in [0.15, 0.2) is 46.9 Å². The van der Waals surface area contributed by atoms with Gasteiger partial charge in [-0.2, -0.15) is 0 Å². The SMILES string of the molecule is C=CCNC(=O)[C@@H](C)Sc1nc2ccccc2c(=O)n1C1CCCC1. The monoisotopic (exact) mass is 357 g/mol. The molecule has 25 heavy (non-hydrogen) atoms. The van der Waals surface area contributed by atoms with Gasteiger partial charge in [0.15, 0.2) is 5.16 Å². The molecule has 1 aliphatic carbocycles. The van der Waals surface area contributed by atoms with E-state index < -0.39 is 0 Å². The second kappa shape index (κ2) is 7.87. The molecule has 1 N–H and O–H groups in total. The standard InChI is InChI=1S/C19H23N3O2S/c1-3-12-20-17(23)13(2)25-19-21-16-11-7-6-10-15(16)18(24)22(19)14-8-4-5-9-14/h3,6-7,10-11,13-14H,1,4-5,8-9,12H2,2H3,(H,20,23)/t13-/m1/s1. The molecule has 0 aliphatic heterocycles. The third kappa shape index (κ3) is 3.79. The van der Waals surface area contributed by atoms with Gasteiger partial charge in [-0.3, -0.25) is 14.2 Å². The number of hydrogen-bond acceptors (Lipinski definition) is 4. The Morgan fingerprint density at radius 1 is 1.44 bits per heavy atom. The molecule has 1 aliphatic rings. The van der Waals surface area contributed by atoms with Crippen LogP contribution in [0.4, 0.5) is 0 Å². The number of nitrogens with one attached hydrogen (secondary N) is 1. The van der Waals surface area contributed by atoms with E-state index in [1.54, 1.807) is 6.08 Å². The Balaban J connectivity index is 2.00. The van der Waals surface area contributed by atoms with Gasteiger partial charge >= 0.3 is 0 Å². The van der Waals surface area contributed by atoms with Crippen LogP contribution >= 0.6 is 11.8 Å². The Labute approximate surface area is 151 Å². The molecule has 6 heteroatoms. The van der Waals surface area contributed by atoms with Crippen LogP contribution in [0.2, 0.25) is 0 Å². The molecule has 1 atom stereocenters. The van der Waals surface area contributed by atoms with Crippen LogP contribution in [-0.4, -0.2) is 27.3 Å². The molecule has 1 heterocycles. The molecule has 0 spiro atoms. The molecule has 0 bridgehead atoms. The Bertz CT molecular complexity index is 840. The first-order chi connectivity index (χ1) is 12.1. The molecule has 5 nitrogen and oxygen atoms in total. The molecule has 0 unspecified atom stereocenters. The number of amides is 1. The van der Waals surface area contributed by atoms with Crippen molar-refractivity contribution in [2.45, 2.75) is 49.1 Å². The number of thioether (sulfide) groups is 1. The van der Waals surface area contributed by atoms with Crippen molar-refractivity contribution in [1.29, 1.82) is 0 Å². The van der Waals surface area contributed by atoms with Gasteiger partial charge in [0.25, 0.3) is 5.56 Å². The van der Waals surface area contributed by atoms with E-state index in [9.17, 15) is 9.59 Å². The van der Waals surface area contributed by atoms with Crippen molar-refractivity contribution in [3.8, 4) is 0 Å². The third-order valence-electron chi connectivity index (χ3n) is 4.54. The lowest BCUT2D eigenvalue weighted by molar-refractivity contribution is -0.120. The Hall–Kier alpha value is -2.08. The lowest BCUT2D eigenvalue weighted by Crippen LogP contribution is -2.32. The zero-order valence-electron chi connectivity index (χ0n) is 14.4. The van der Waals surface area contributed by atoms with Gasteiger partial charge in [-0.1, -0.05) is 42.8 Å². The fourth-order valence-corrected chi connectivity index (χ4v) is 4.22. The van der Waals surface area contributed by atoms with Crippen LogP contribution in [0.25, 0.3) is 10.9 Å². The van der Waals surface area contributed by atoms with Crippen molar-refractivity contribution in [1.82, 2.24) is 14.9 Å². The molecular formula is C19H23N3O2S. The molecule has 1 fully saturated rings. The van der Waals surface area contributed by atoms with E-state index >= 15 is 0 Å². The number of aromatic nitrogens is 2. The number of carbonyl (C=O) groups is 1. The zero-order chi connectivity index (χ0) is 17.8. The normalized spacial score (nSPS) is 16.0. The number of hydrogen-bond donors (Lipinski definition) is 1. The summed E-state index contributed by atoms with van der Waals surface area (Å²) < 4.78 is 1.82. The first-order valence-electron chi connectivity index (χ1n) is 8.68. The number of carbonyl (C=O) groups excluding carboxylic acids is 1. The number of benzene rings is 1. The van der Waals surface area contributed by atoms with E-state index in [-0.39, 0.29) is 22.8 Å². The second-order valence-corrected chi connectivity index (χ2v) is 7.63. The fraction of sp³-hybridized carbons (Fsp3) is 0.421. The minimum atomic E-state index is -0.333. The second-order valence-electron chi connectivity index (χ2n) is 6.32. The maximum atomic E-state index is 13.1. The highest BCUT2D eigenvalue weighted by molar-refractivity contribution is 8.00. The highest BCUT2D eigenvalue weighted by atomic mass is 32.2. The maximum absolute atomic E-state index is 13.1. The summed E-state index contributed by atoms with van der Waals surface area (Å²) in [6.07, 6.45) is 5.89. The van der Waals surface area contributed by atoms with Crippen LogP contribution in [0.1, 0.15) is 38.6 Å². The minimum Gasteiger partial charge on any atom is -0.352 e. The van der Waals surface area contributed by atoms with E-state index in [0.29, 0.717) is 22.6 Å². The third-order valence-corrected chi connectivity index (χ3v) is 5.60. The number of fused-ring (bicyclic) bond motifs is 1. The van der Waals surface area contributed by atoms with Gasteiger partial charge in [0.05, 0.1) is 16.2 Å². The molecular weight excluding hydrogens is 334 g/mol.